The van der Waals surface area contributed by atoms with Gasteiger partial charge in [0.05, 0.1) is 10.6 Å². The lowest BCUT2D eigenvalue weighted by molar-refractivity contribution is 0.00688. The van der Waals surface area contributed by atoms with E-state index < -0.39 is 11.6 Å². The van der Waals surface area contributed by atoms with Crippen molar-refractivity contribution in [1.29, 1.82) is 0 Å². The highest BCUT2D eigenvalue weighted by atomic mass is 35.5. The van der Waals surface area contributed by atoms with E-state index >= 15 is 0 Å². The molecule has 1 rings (SSSR count). The summed E-state index contributed by atoms with van der Waals surface area (Å²) in [4.78, 5) is 26.6. The fraction of sp³-hybridized carbons (Fsp3) is 0.417. The van der Waals surface area contributed by atoms with Crippen LogP contribution in [-0.2, 0) is 4.74 Å². The van der Waals surface area contributed by atoms with Crippen molar-refractivity contribution in [3.63, 3.8) is 0 Å². The summed E-state index contributed by atoms with van der Waals surface area (Å²) < 4.78 is 5.16. The van der Waals surface area contributed by atoms with Crippen molar-refractivity contribution in [3.05, 3.63) is 28.5 Å². The van der Waals surface area contributed by atoms with Crippen LogP contribution in [0.2, 0.25) is 5.02 Å². The normalized spacial score (nSPS) is 11.1. The van der Waals surface area contributed by atoms with Gasteiger partial charge in [-0.2, -0.15) is 0 Å². The third-order valence-electron chi connectivity index (χ3n) is 1.81. The first-order chi connectivity index (χ1) is 7.70. The Morgan fingerprint density at radius 2 is 1.94 bits per heavy atom. The predicted molar refractivity (Wildman–Crippen MR) is 64.4 cm³/mol. The van der Waals surface area contributed by atoms with E-state index in [-0.39, 0.29) is 22.1 Å². The molecule has 0 fully saturated rings. The summed E-state index contributed by atoms with van der Waals surface area (Å²) in [7, 11) is 0. The van der Waals surface area contributed by atoms with Gasteiger partial charge >= 0.3 is 5.97 Å². The summed E-state index contributed by atoms with van der Waals surface area (Å²) in [6.07, 6.45) is 1.29. The molecule has 0 atom stereocenters. The van der Waals surface area contributed by atoms with Crippen LogP contribution in [0.15, 0.2) is 12.3 Å². The summed E-state index contributed by atoms with van der Waals surface area (Å²) in [6.45, 7) is 6.67. The van der Waals surface area contributed by atoms with Crippen LogP contribution < -0.4 is 0 Å². The van der Waals surface area contributed by atoms with Crippen LogP contribution >= 0.6 is 11.6 Å². The molecule has 0 aliphatic carbocycles. The zero-order valence-electron chi connectivity index (χ0n) is 10.2. The standard InChI is InChI=1S/C12H14ClNO3/c1-7(15)10-9(13)5-8(6-14-10)11(16)17-12(2,3)4/h5-6H,1-4H3. The second-order valence-electron chi connectivity index (χ2n) is 4.61. The van der Waals surface area contributed by atoms with Gasteiger partial charge in [-0.3, -0.25) is 9.78 Å². The first-order valence-corrected chi connectivity index (χ1v) is 5.48. The summed E-state index contributed by atoms with van der Waals surface area (Å²) >= 11 is 5.85. The smallest absolute Gasteiger partial charge is 0.340 e. The molecule has 0 unspecified atom stereocenters. The number of pyridine rings is 1. The number of Topliss-reactive ketones (excluding diaryl/α,β-unsaturated/α-hetero) is 1. The van der Waals surface area contributed by atoms with Crippen LogP contribution in [0.25, 0.3) is 0 Å². The van der Waals surface area contributed by atoms with Crippen LogP contribution in [0.5, 0.6) is 0 Å². The number of hydrogen-bond acceptors (Lipinski definition) is 4. The number of halogens is 1. The maximum absolute atomic E-state index is 11.7. The molecule has 4 nitrogen and oxygen atoms in total. The molecule has 1 heterocycles. The van der Waals surface area contributed by atoms with Gasteiger partial charge in [0.25, 0.3) is 0 Å². The van der Waals surface area contributed by atoms with Gasteiger partial charge in [-0.25, -0.2) is 4.79 Å². The minimum Gasteiger partial charge on any atom is -0.456 e. The first kappa shape index (κ1) is 13.6. The Labute approximate surface area is 105 Å². The molecule has 0 aliphatic rings. The Hall–Kier alpha value is -1.42. The molecule has 0 aromatic carbocycles. The van der Waals surface area contributed by atoms with Gasteiger partial charge in [-0.05, 0) is 26.8 Å². The lowest BCUT2D eigenvalue weighted by Gasteiger charge is -2.19. The van der Waals surface area contributed by atoms with Crippen molar-refractivity contribution < 1.29 is 14.3 Å². The van der Waals surface area contributed by atoms with Crippen LogP contribution in [0.4, 0.5) is 0 Å². The maximum atomic E-state index is 11.7. The molecule has 0 radical (unpaired) electrons. The molecule has 0 amide bonds. The van der Waals surface area contributed by atoms with Crippen molar-refractivity contribution in [2.75, 3.05) is 0 Å². The summed E-state index contributed by atoms with van der Waals surface area (Å²) in [5.41, 5.74) is -0.197. The molecule has 1 aromatic heterocycles. The summed E-state index contributed by atoms with van der Waals surface area (Å²) in [6, 6.07) is 1.39. The van der Waals surface area contributed by atoms with Gasteiger partial charge in [-0.1, -0.05) is 11.6 Å². The van der Waals surface area contributed by atoms with Crippen molar-refractivity contribution in [2.24, 2.45) is 0 Å². The predicted octanol–water partition coefficient (Wildman–Crippen LogP) is 2.89. The highest BCUT2D eigenvalue weighted by Gasteiger charge is 2.19. The molecule has 0 bridgehead atoms. The van der Waals surface area contributed by atoms with E-state index in [1.807, 2.05) is 0 Å². The molecule has 92 valence electrons. The Morgan fingerprint density at radius 3 is 2.35 bits per heavy atom. The lowest BCUT2D eigenvalue weighted by atomic mass is 10.2. The van der Waals surface area contributed by atoms with E-state index in [2.05, 4.69) is 4.98 Å². The van der Waals surface area contributed by atoms with Crippen molar-refractivity contribution in [3.8, 4) is 0 Å². The monoisotopic (exact) mass is 255 g/mol. The number of hydrogen-bond donors (Lipinski definition) is 0. The number of ketones is 1. The first-order valence-electron chi connectivity index (χ1n) is 5.10. The highest BCUT2D eigenvalue weighted by molar-refractivity contribution is 6.33. The molecule has 1 aromatic rings. The number of aromatic nitrogens is 1. The zero-order chi connectivity index (χ0) is 13.2. The molecular formula is C12H14ClNO3. The second-order valence-corrected chi connectivity index (χ2v) is 5.02. The largest absolute Gasteiger partial charge is 0.456 e. The van der Waals surface area contributed by atoms with Crippen molar-refractivity contribution in [2.45, 2.75) is 33.3 Å². The fourth-order valence-electron chi connectivity index (χ4n) is 1.15. The average Bonchev–Trinajstić information content (AvgIpc) is 2.14. The minimum absolute atomic E-state index is 0.152. The maximum Gasteiger partial charge on any atom is 0.340 e. The van der Waals surface area contributed by atoms with E-state index in [4.69, 9.17) is 16.3 Å². The molecule has 0 saturated carbocycles. The number of rotatable bonds is 2. The van der Waals surface area contributed by atoms with Gasteiger partial charge < -0.3 is 4.74 Å². The van der Waals surface area contributed by atoms with E-state index in [1.54, 1.807) is 20.8 Å². The molecule has 17 heavy (non-hydrogen) atoms. The van der Waals surface area contributed by atoms with Gasteiger partial charge in [0.15, 0.2) is 5.78 Å². The third-order valence-corrected chi connectivity index (χ3v) is 2.10. The van der Waals surface area contributed by atoms with Gasteiger partial charge in [-0.15, -0.1) is 0 Å². The molecule has 0 aliphatic heterocycles. The fourth-order valence-corrected chi connectivity index (χ4v) is 1.45. The minimum atomic E-state index is -0.581. The Kier molecular flexibility index (Phi) is 3.88. The Balaban J connectivity index is 2.98. The molecule has 0 saturated heterocycles. The number of carbonyl (C=O) groups is 2. The van der Waals surface area contributed by atoms with Crippen LogP contribution in [0.1, 0.15) is 48.5 Å². The summed E-state index contributed by atoms with van der Waals surface area (Å²) in [5, 5.41) is 0.154. The Morgan fingerprint density at radius 1 is 1.35 bits per heavy atom. The Bertz CT molecular complexity index is 463. The molecule has 5 heteroatoms. The topological polar surface area (TPSA) is 56.3 Å². The zero-order valence-corrected chi connectivity index (χ0v) is 11.0. The molecular weight excluding hydrogens is 242 g/mol. The van der Waals surface area contributed by atoms with Crippen molar-refractivity contribution in [1.82, 2.24) is 4.98 Å². The van der Waals surface area contributed by atoms with Gasteiger partial charge in [0, 0.05) is 13.1 Å². The average molecular weight is 256 g/mol. The number of carbonyl (C=O) groups excluding carboxylic acids is 2. The lowest BCUT2D eigenvalue weighted by Crippen LogP contribution is -2.24. The van der Waals surface area contributed by atoms with Gasteiger partial charge in [0.1, 0.15) is 11.3 Å². The summed E-state index contributed by atoms with van der Waals surface area (Å²) in [5.74, 6) is -0.757. The highest BCUT2D eigenvalue weighted by Crippen LogP contribution is 2.18. The third kappa shape index (κ3) is 3.82. The van der Waals surface area contributed by atoms with E-state index in [1.165, 1.54) is 19.2 Å². The van der Waals surface area contributed by atoms with Gasteiger partial charge in [0.2, 0.25) is 0 Å². The van der Waals surface area contributed by atoms with Crippen LogP contribution in [0.3, 0.4) is 0 Å². The SMILES string of the molecule is CC(=O)c1ncc(C(=O)OC(C)(C)C)cc1Cl. The number of esters is 1. The van der Waals surface area contributed by atoms with Crippen LogP contribution in [0, 0.1) is 0 Å². The molecule has 0 N–H and O–H groups in total. The molecule has 0 spiro atoms. The second kappa shape index (κ2) is 4.84. The van der Waals surface area contributed by atoms with E-state index in [9.17, 15) is 9.59 Å². The van der Waals surface area contributed by atoms with Crippen LogP contribution in [-0.4, -0.2) is 22.3 Å². The quantitative estimate of drug-likeness (QED) is 0.602. The van der Waals surface area contributed by atoms with E-state index in [0.29, 0.717) is 0 Å². The number of nitrogens with zero attached hydrogens (tertiary/aromatic N) is 1. The van der Waals surface area contributed by atoms with Crippen molar-refractivity contribution >= 4 is 23.4 Å². The number of ether oxygens (including phenoxy) is 1. The van der Waals surface area contributed by atoms with E-state index in [0.717, 1.165) is 0 Å².